The minimum atomic E-state index is -0.141. The molecule has 2 aromatic heterocycles. The highest BCUT2D eigenvalue weighted by Gasteiger charge is 2.48. The molecule has 0 unspecified atom stereocenters. The summed E-state index contributed by atoms with van der Waals surface area (Å²) in [6, 6.07) is 6.44. The number of piperazine rings is 1. The number of hydrogen-bond donors (Lipinski definition) is 2. The first-order valence-corrected chi connectivity index (χ1v) is 13.3. The molecule has 0 aliphatic carbocycles. The van der Waals surface area contributed by atoms with Gasteiger partial charge in [-0.1, -0.05) is 0 Å². The van der Waals surface area contributed by atoms with Crippen LogP contribution < -0.4 is 15.6 Å². The van der Waals surface area contributed by atoms with Crippen molar-refractivity contribution < 1.29 is 9.53 Å². The number of anilines is 2. The largest absolute Gasteiger partial charge is 0.379 e. The van der Waals surface area contributed by atoms with Gasteiger partial charge in [-0.15, -0.1) is 5.10 Å². The van der Waals surface area contributed by atoms with Crippen LogP contribution in [0, 0.1) is 11.3 Å². The van der Waals surface area contributed by atoms with E-state index in [-0.39, 0.29) is 11.4 Å². The van der Waals surface area contributed by atoms with Gasteiger partial charge in [0, 0.05) is 64.8 Å². The molecule has 4 aliphatic rings. The van der Waals surface area contributed by atoms with Crippen LogP contribution >= 0.6 is 0 Å². The molecule has 0 atom stereocenters. The lowest BCUT2D eigenvalue weighted by molar-refractivity contribution is -0.133. The highest BCUT2D eigenvalue weighted by atomic mass is 16.5. The predicted octanol–water partition coefficient (Wildman–Crippen LogP) is -0.619. The summed E-state index contributed by atoms with van der Waals surface area (Å²) >= 11 is 0. The van der Waals surface area contributed by atoms with Crippen LogP contribution in [0.1, 0.15) is 6.42 Å². The molecular weight excluding hydrogens is 486 g/mol. The number of nitriles is 1. The van der Waals surface area contributed by atoms with Crippen molar-refractivity contribution in [3.05, 3.63) is 30.2 Å². The zero-order valence-electron chi connectivity index (χ0n) is 21.8. The molecule has 38 heavy (non-hydrogen) atoms. The van der Waals surface area contributed by atoms with Crippen molar-refractivity contribution in [2.24, 2.45) is 0 Å². The number of amides is 1. The van der Waals surface area contributed by atoms with Crippen LogP contribution in [0.5, 0.6) is 0 Å². The molecule has 0 saturated carbocycles. The van der Waals surface area contributed by atoms with Gasteiger partial charge in [-0.3, -0.25) is 9.69 Å². The van der Waals surface area contributed by atoms with Crippen LogP contribution in [-0.2, 0) is 9.53 Å². The molecule has 4 aliphatic heterocycles. The molecule has 1 amide bonds. The number of hydrazine groups is 1. The number of ether oxygens (including phenoxy) is 1. The second-order valence-corrected chi connectivity index (χ2v) is 10.5. The summed E-state index contributed by atoms with van der Waals surface area (Å²) < 4.78 is 7.31. The molecule has 0 spiro atoms. The quantitative estimate of drug-likeness (QED) is 0.485. The summed E-state index contributed by atoms with van der Waals surface area (Å²) in [4.78, 5) is 26.3. The number of hydrogen-bond acceptors (Lipinski definition) is 11. The minimum absolute atomic E-state index is 0.123. The third kappa shape index (κ3) is 4.88. The highest BCUT2D eigenvalue weighted by Crippen LogP contribution is 2.37. The fourth-order valence-corrected chi connectivity index (χ4v) is 5.72. The maximum atomic E-state index is 12.7. The third-order valence-electron chi connectivity index (χ3n) is 7.96. The fourth-order valence-electron chi connectivity index (χ4n) is 5.72. The van der Waals surface area contributed by atoms with E-state index < -0.39 is 0 Å². The number of pyridine rings is 1. The van der Waals surface area contributed by atoms with Crippen LogP contribution in [0.2, 0.25) is 0 Å². The van der Waals surface area contributed by atoms with Crippen molar-refractivity contribution in [1.29, 1.82) is 5.26 Å². The Morgan fingerprint density at radius 1 is 1.21 bits per heavy atom. The lowest BCUT2D eigenvalue weighted by Gasteiger charge is -2.56. The number of aromatic nitrogens is 3. The van der Waals surface area contributed by atoms with E-state index in [1.54, 1.807) is 4.52 Å². The Morgan fingerprint density at radius 3 is 2.76 bits per heavy atom. The summed E-state index contributed by atoms with van der Waals surface area (Å²) in [6.45, 7) is 8.94. The molecular formula is C25H35N11O2. The first kappa shape index (κ1) is 24.9. The van der Waals surface area contributed by atoms with Crippen molar-refractivity contribution in [3.63, 3.8) is 0 Å². The second-order valence-electron chi connectivity index (χ2n) is 10.5. The Morgan fingerprint density at radius 2 is 2.00 bits per heavy atom. The van der Waals surface area contributed by atoms with Crippen LogP contribution in [0.25, 0.3) is 5.65 Å². The average molecular weight is 522 g/mol. The number of rotatable bonds is 7. The minimum Gasteiger partial charge on any atom is -0.379 e. The summed E-state index contributed by atoms with van der Waals surface area (Å²) in [5.41, 5.74) is 5.79. The summed E-state index contributed by atoms with van der Waals surface area (Å²) in [6.07, 6.45) is 4.30. The van der Waals surface area contributed by atoms with Crippen molar-refractivity contribution in [2.45, 2.75) is 12.0 Å². The number of carbonyl (C=O) groups is 1. The lowest BCUT2D eigenvalue weighted by Crippen LogP contribution is -2.71. The van der Waals surface area contributed by atoms with E-state index in [0.717, 1.165) is 69.4 Å². The highest BCUT2D eigenvalue weighted by molar-refractivity contribution is 5.78. The van der Waals surface area contributed by atoms with Gasteiger partial charge in [0.15, 0.2) is 5.65 Å². The molecule has 0 radical (unpaired) electrons. The summed E-state index contributed by atoms with van der Waals surface area (Å²) in [7, 11) is 2.08. The summed E-state index contributed by atoms with van der Waals surface area (Å²) in [5, 5.41) is 19.3. The van der Waals surface area contributed by atoms with Gasteiger partial charge >= 0.3 is 0 Å². The Hall–Kier alpha value is -3.44. The maximum Gasteiger partial charge on any atom is 0.247 e. The van der Waals surface area contributed by atoms with E-state index in [0.29, 0.717) is 38.7 Å². The molecule has 2 N–H and O–H groups in total. The molecule has 13 heteroatoms. The number of fused-ring (bicyclic) bond motifs is 1. The molecule has 0 bridgehead atoms. The zero-order valence-corrected chi connectivity index (χ0v) is 21.8. The standard InChI is InChI=1S/C25H35N11O2/c1-31-7-9-32(10-8-31)22(37)17-35-16-20(15-27-35)28-24-29-23-21(3-2-6-36(23)30-24)33-18-25(19-33,4-5-26)34-11-13-38-14-12-34/h2-3,6,16,27H,4,7-15,17-19H2,1H3,(H,28,30). The van der Waals surface area contributed by atoms with Gasteiger partial charge in [-0.05, 0) is 19.2 Å². The first-order chi connectivity index (χ1) is 18.5. The van der Waals surface area contributed by atoms with Crippen molar-refractivity contribution >= 4 is 23.2 Å². The monoisotopic (exact) mass is 521 g/mol. The first-order valence-electron chi connectivity index (χ1n) is 13.3. The normalized spacial score (nSPS) is 22.3. The van der Waals surface area contributed by atoms with Crippen LogP contribution in [0.15, 0.2) is 30.2 Å². The van der Waals surface area contributed by atoms with Gasteiger partial charge < -0.3 is 29.8 Å². The molecule has 3 fully saturated rings. The predicted molar refractivity (Wildman–Crippen MR) is 141 cm³/mol. The van der Waals surface area contributed by atoms with Gasteiger partial charge in [-0.25, -0.2) is 9.94 Å². The van der Waals surface area contributed by atoms with Crippen LogP contribution in [0.3, 0.4) is 0 Å². The molecule has 13 nitrogen and oxygen atoms in total. The average Bonchev–Trinajstić information content (AvgIpc) is 3.53. The third-order valence-corrected chi connectivity index (χ3v) is 7.96. The number of carbonyl (C=O) groups excluding carboxylic acids is 1. The van der Waals surface area contributed by atoms with Crippen molar-refractivity contribution in [2.75, 3.05) is 95.9 Å². The van der Waals surface area contributed by atoms with Gasteiger partial charge in [0.05, 0.1) is 49.2 Å². The lowest BCUT2D eigenvalue weighted by atomic mass is 9.84. The van der Waals surface area contributed by atoms with E-state index in [2.05, 4.69) is 49.7 Å². The second kappa shape index (κ2) is 10.4. The molecule has 0 aromatic carbocycles. The number of nitrogens with one attached hydrogen (secondary N) is 2. The van der Waals surface area contributed by atoms with Gasteiger partial charge in [-0.2, -0.15) is 10.2 Å². The number of morpholine rings is 1. The number of likely N-dealkylation sites (N-methyl/N-ethyl adjacent to an activating group) is 1. The van der Waals surface area contributed by atoms with E-state index in [1.165, 1.54) is 0 Å². The fraction of sp³-hybridized carbons (Fsp3) is 0.600. The Balaban J connectivity index is 1.10. The van der Waals surface area contributed by atoms with Gasteiger partial charge in [0.1, 0.15) is 6.54 Å². The zero-order chi connectivity index (χ0) is 26.1. The molecule has 2 aromatic rings. The number of nitrogens with zero attached hydrogens (tertiary/aromatic N) is 9. The smallest absolute Gasteiger partial charge is 0.247 e. The Labute approximate surface area is 222 Å². The molecule has 6 heterocycles. The van der Waals surface area contributed by atoms with Crippen molar-refractivity contribution in [1.82, 2.24) is 39.7 Å². The molecule has 6 rings (SSSR count). The van der Waals surface area contributed by atoms with Gasteiger partial charge in [0.25, 0.3) is 0 Å². The van der Waals surface area contributed by atoms with E-state index in [4.69, 9.17) is 9.72 Å². The molecule has 202 valence electrons. The maximum absolute atomic E-state index is 12.7. The summed E-state index contributed by atoms with van der Waals surface area (Å²) in [5.74, 6) is 0.632. The Kier molecular flexibility index (Phi) is 6.79. The van der Waals surface area contributed by atoms with Crippen molar-refractivity contribution in [3.8, 4) is 6.07 Å². The van der Waals surface area contributed by atoms with Gasteiger partial charge in [0.2, 0.25) is 11.9 Å². The van der Waals surface area contributed by atoms with E-state index >= 15 is 0 Å². The van der Waals surface area contributed by atoms with E-state index in [9.17, 15) is 10.1 Å². The van der Waals surface area contributed by atoms with Crippen LogP contribution in [-0.4, -0.2) is 131 Å². The SMILES string of the molecule is CN1CCN(C(=O)CN2C=C(Nc3nc4c(N5CC(CC#N)(N6CCOCC6)C5)cccn4n3)CN2)CC1. The molecule has 3 saturated heterocycles. The Bertz CT molecular complexity index is 1230. The topological polar surface area (TPSA) is 121 Å². The van der Waals surface area contributed by atoms with E-state index in [1.807, 2.05) is 28.4 Å². The van der Waals surface area contributed by atoms with Crippen LogP contribution in [0.4, 0.5) is 11.6 Å².